The first-order valence-electron chi connectivity index (χ1n) is 5.54. The van der Waals surface area contributed by atoms with Crippen molar-refractivity contribution in [1.29, 1.82) is 0 Å². The summed E-state index contributed by atoms with van der Waals surface area (Å²) in [4.78, 5) is 17.3. The van der Waals surface area contributed by atoms with E-state index >= 15 is 0 Å². The maximum atomic E-state index is 11.2. The molecule has 0 aliphatic carbocycles. The van der Waals surface area contributed by atoms with Gasteiger partial charge in [0.25, 0.3) is 5.91 Å². The molecule has 0 aromatic heterocycles. The summed E-state index contributed by atoms with van der Waals surface area (Å²) in [6.45, 7) is 0.150. The van der Waals surface area contributed by atoms with E-state index in [0.29, 0.717) is 5.90 Å². The number of hydroxylamine groups is 1. The van der Waals surface area contributed by atoms with Crippen molar-refractivity contribution >= 4 is 17.5 Å². The standard InChI is InChI=1S/C12H15N3O3/c1-15(2)9-5-3-8(4-6-9)12-13-10(7-18-12)11(16)14-17/h3-6,10,17H,7H2,1-2H3,(H,14,16). The number of hydrogen-bond acceptors (Lipinski definition) is 5. The van der Waals surface area contributed by atoms with Crippen molar-refractivity contribution in [3.63, 3.8) is 0 Å². The van der Waals surface area contributed by atoms with E-state index < -0.39 is 11.9 Å². The maximum absolute atomic E-state index is 11.2. The van der Waals surface area contributed by atoms with Crippen LogP contribution >= 0.6 is 0 Å². The molecule has 6 nitrogen and oxygen atoms in total. The molecule has 0 bridgehead atoms. The number of nitrogens with one attached hydrogen (secondary N) is 1. The van der Waals surface area contributed by atoms with Crippen LogP contribution in [0.2, 0.25) is 0 Å². The quantitative estimate of drug-likeness (QED) is 0.601. The first-order chi connectivity index (χ1) is 8.61. The van der Waals surface area contributed by atoms with Crippen LogP contribution in [0.15, 0.2) is 29.3 Å². The van der Waals surface area contributed by atoms with Crippen molar-refractivity contribution in [3.8, 4) is 0 Å². The number of hydrogen-bond donors (Lipinski definition) is 2. The molecule has 0 saturated heterocycles. The minimum atomic E-state index is -0.682. The number of amides is 1. The third kappa shape index (κ3) is 2.43. The topological polar surface area (TPSA) is 74.2 Å². The monoisotopic (exact) mass is 249 g/mol. The Kier molecular flexibility index (Phi) is 3.47. The maximum Gasteiger partial charge on any atom is 0.271 e. The van der Waals surface area contributed by atoms with E-state index in [0.717, 1.165) is 11.3 Å². The van der Waals surface area contributed by atoms with Crippen molar-refractivity contribution < 1.29 is 14.7 Å². The van der Waals surface area contributed by atoms with E-state index in [4.69, 9.17) is 9.94 Å². The Bertz CT molecular complexity index is 468. The van der Waals surface area contributed by atoms with Crippen molar-refractivity contribution in [2.45, 2.75) is 6.04 Å². The van der Waals surface area contributed by atoms with E-state index in [1.54, 1.807) is 5.48 Å². The number of carbonyl (C=O) groups is 1. The van der Waals surface area contributed by atoms with E-state index in [-0.39, 0.29) is 6.61 Å². The summed E-state index contributed by atoms with van der Waals surface area (Å²) in [5.74, 6) is -0.135. The number of ether oxygens (including phenoxy) is 1. The Balaban J connectivity index is 2.15. The number of benzene rings is 1. The third-order valence-corrected chi connectivity index (χ3v) is 2.69. The van der Waals surface area contributed by atoms with Gasteiger partial charge < -0.3 is 9.64 Å². The number of anilines is 1. The Morgan fingerprint density at radius 1 is 1.44 bits per heavy atom. The summed E-state index contributed by atoms with van der Waals surface area (Å²) in [5.41, 5.74) is 3.46. The Labute approximate surface area is 105 Å². The van der Waals surface area contributed by atoms with Gasteiger partial charge in [-0.1, -0.05) is 0 Å². The van der Waals surface area contributed by atoms with Gasteiger partial charge in [-0.25, -0.2) is 10.5 Å². The van der Waals surface area contributed by atoms with Crippen LogP contribution in [0, 0.1) is 0 Å². The summed E-state index contributed by atoms with van der Waals surface area (Å²) in [5, 5.41) is 8.52. The molecule has 1 aliphatic rings. The summed E-state index contributed by atoms with van der Waals surface area (Å²) < 4.78 is 5.34. The highest BCUT2D eigenvalue weighted by atomic mass is 16.5. The average molecular weight is 249 g/mol. The SMILES string of the molecule is CN(C)c1ccc(C2=NC(C(=O)NO)CO2)cc1. The smallest absolute Gasteiger partial charge is 0.271 e. The van der Waals surface area contributed by atoms with Crippen molar-refractivity contribution in [2.24, 2.45) is 4.99 Å². The summed E-state index contributed by atoms with van der Waals surface area (Å²) in [6, 6.07) is 6.97. The molecule has 1 aliphatic heterocycles. The zero-order chi connectivity index (χ0) is 13.1. The van der Waals surface area contributed by atoms with E-state index in [9.17, 15) is 4.79 Å². The second-order valence-corrected chi connectivity index (χ2v) is 4.18. The predicted octanol–water partition coefficient (Wildman–Crippen LogP) is 0.403. The number of rotatable bonds is 3. The van der Waals surface area contributed by atoms with Crippen LogP contribution in [0.1, 0.15) is 5.56 Å². The number of aliphatic imine (C=N–C) groups is 1. The second kappa shape index (κ2) is 5.05. The van der Waals surface area contributed by atoms with Crippen molar-refractivity contribution in [1.82, 2.24) is 5.48 Å². The van der Waals surface area contributed by atoms with E-state index in [1.807, 2.05) is 43.3 Å². The highest BCUT2D eigenvalue weighted by Gasteiger charge is 2.26. The molecular weight excluding hydrogens is 234 g/mol. The van der Waals surface area contributed by atoms with Crippen LogP contribution in [-0.4, -0.2) is 43.8 Å². The van der Waals surface area contributed by atoms with Gasteiger partial charge in [0.15, 0.2) is 6.04 Å². The normalized spacial score (nSPS) is 17.9. The van der Waals surface area contributed by atoms with Gasteiger partial charge in [0.1, 0.15) is 6.61 Å². The Morgan fingerprint density at radius 2 is 2.11 bits per heavy atom. The Hall–Kier alpha value is -2.08. The molecule has 18 heavy (non-hydrogen) atoms. The lowest BCUT2D eigenvalue weighted by Gasteiger charge is -2.12. The molecule has 1 heterocycles. The number of nitrogens with zero attached hydrogens (tertiary/aromatic N) is 2. The molecule has 1 aromatic carbocycles. The second-order valence-electron chi connectivity index (χ2n) is 4.18. The van der Waals surface area contributed by atoms with Crippen LogP contribution in [-0.2, 0) is 9.53 Å². The molecule has 0 fully saturated rings. The van der Waals surface area contributed by atoms with Crippen LogP contribution in [0.3, 0.4) is 0 Å². The number of carbonyl (C=O) groups excluding carboxylic acids is 1. The van der Waals surface area contributed by atoms with Crippen LogP contribution in [0.25, 0.3) is 0 Å². The van der Waals surface area contributed by atoms with Crippen molar-refractivity contribution in [2.75, 3.05) is 25.6 Å². The van der Waals surface area contributed by atoms with Gasteiger partial charge in [-0.3, -0.25) is 10.0 Å². The molecule has 1 atom stereocenters. The van der Waals surface area contributed by atoms with E-state index in [2.05, 4.69) is 4.99 Å². The van der Waals surface area contributed by atoms with Gasteiger partial charge in [-0.2, -0.15) is 0 Å². The van der Waals surface area contributed by atoms with Crippen LogP contribution in [0.5, 0.6) is 0 Å². The largest absolute Gasteiger partial charge is 0.475 e. The highest BCUT2D eigenvalue weighted by Crippen LogP contribution is 2.16. The zero-order valence-corrected chi connectivity index (χ0v) is 10.3. The molecule has 0 radical (unpaired) electrons. The molecule has 2 rings (SSSR count). The molecule has 6 heteroatoms. The predicted molar refractivity (Wildman–Crippen MR) is 67.0 cm³/mol. The lowest BCUT2D eigenvalue weighted by molar-refractivity contribution is -0.130. The molecule has 1 amide bonds. The fourth-order valence-electron chi connectivity index (χ4n) is 1.64. The molecule has 1 aromatic rings. The zero-order valence-electron chi connectivity index (χ0n) is 10.3. The van der Waals surface area contributed by atoms with Crippen LogP contribution in [0.4, 0.5) is 5.69 Å². The molecular formula is C12H15N3O3. The van der Waals surface area contributed by atoms with Crippen LogP contribution < -0.4 is 10.4 Å². The lowest BCUT2D eigenvalue weighted by Crippen LogP contribution is -2.31. The van der Waals surface area contributed by atoms with Gasteiger partial charge in [-0.15, -0.1) is 0 Å². The lowest BCUT2D eigenvalue weighted by atomic mass is 10.2. The first kappa shape index (κ1) is 12.4. The van der Waals surface area contributed by atoms with Gasteiger partial charge in [0.2, 0.25) is 5.90 Å². The highest BCUT2D eigenvalue weighted by molar-refractivity contribution is 5.98. The Morgan fingerprint density at radius 3 is 2.67 bits per heavy atom. The van der Waals surface area contributed by atoms with Gasteiger partial charge in [-0.05, 0) is 24.3 Å². The minimum Gasteiger partial charge on any atom is -0.475 e. The van der Waals surface area contributed by atoms with Crippen molar-refractivity contribution in [3.05, 3.63) is 29.8 Å². The molecule has 0 saturated carbocycles. The van der Waals surface area contributed by atoms with Gasteiger partial charge in [0.05, 0.1) is 0 Å². The van der Waals surface area contributed by atoms with Gasteiger partial charge in [0, 0.05) is 25.3 Å². The average Bonchev–Trinajstić information content (AvgIpc) is 2.87. The summed E-state index contributed by atoms with van der Waals surface area (Å²) in [6.07, 6.45) is 0. The fraction of sp³-hybridized carbons (Fsp3) is 0.333. The molecule has 1 unspecified atom stereocenters. The van der Waals surface area contributed by atoms with Gasteiger partial charge >= 0.3 is 0 Å². The fourth-order valence-corrected chi connectivity index (χ4v) is 1.64. The summed E-state index contributed by atoms with van der Waals surface area (Å²) >= 11 is 0. The molecule has 2 N–H and O–H groups in total. The third-order valence-electron chi connectivity index (χ3n) is 2.69. The molecule has 0 spiro atoms. The van der Waals surface area contributed by atoms with E-state index in [1.165, 1.54) is 0 Å². The minimum absolute atomic E-state index is 0.150. The summed E-state index contributed by atoms with van der Waals surface area (Å²) in [7, 11) is 3.92. The first-order valence-corrected chi connectivity index (χ1v) is 5.54. The molecule has 96 valence electrons.